The van der Waals surface area contributed by atoms with E-state index >= 15 is 0 Å². The van der Waals surface area contributed by atoms with Crippen LogP contribution in [0.4, 0.5) is 0 Å². The van der Waals surface area contributed by atoms with Crippen molar-refractivity contribution in [2.75, 3.05) is 6.61 Å². The van der Waals surface area contributed by atoms with Gasteiger partial charge in [-0.05, 0) is 13.0 Å². The second-order valence-electron chi connectivity index (χ2n) is 5.30. The minimum Gasteiger partial charge on any atom is -0.411 e. The van der Waals surface area contributed by atoms with Crippen molar-refractivity contribution in [3.63, 3.8) is 0 Å². The maximum absolute atomic E-state index is 8.51. The molecule has 5 nitrogen and oxygen atoms in total. The molecule has 6 heteroatoms. The third-order valence-electron chi connectivity index (χ3n) is 2.33. The van der Waals surface area contributed by atoms with Crippen LogP contribution in [0, 0.1) is 6.92 Å². The summed E-state index contributed by atoms with van der Waals surface area (Å²) in [6.07, 6.45) is 3.19. The Bertz CT molecular complexity index is 383. The average Bonchev–Trinajstić information content (AvgIpc) is 2.53. The Hall–Kier alpha value is -1.14. The maximum atomic E-state index is 8.51. The maximum Gasteiger partial charge on any atom is 0.156 e. The smallest absolute Gasteiger partial charge is 0.156 e. The van der Waals surface area contributed by atoms with E-state index in [1.807, 2.05) is 17.7 Å². The largest absolute Gasteiger partial charge is 0.411 e. The molecule has 0 radical (unpaired) electrons. The molecule has 1 N–H and O–H groups in total. The van der Waals surface area contributed by atoms with E-state index < -0.39 is 8.07 Å². The highest BCUT2D eigenvalue weighted by molar-refractivity contribution is 6.76. The van der Waals surface area contributed by atoms with Gasteiger partial charge in [0.05, 0.1) is 5.69 Å². The van der Waals surface area contributed by atoms with Crippen LogP contribution in [0.5, 0.6) is 0 Å². The molecule has 17 heavy (non-hydrogen) atoms. The Labute approximate surface area is 103 Å². The van der Waals surface area contributed by atoms with Gasteiger partial charge in [0.15, 0.2) is 5.82 Å². The Morgan fingerprint density at radius 1 is 1.53 bits per heavy atom. The fourth-order valence-electron chi connectivity index (χ4n) is 1.36. The van der Waals surface area contributed by atoms with Crippen molar-refractivity contribution in [1.82, 2.24) is 9.55 Å². The van der Waals surface area contributed by atoms with E-state index in [1.54, 1.807) is 0 Å². The van der Waals surface area contributed by atoms with Crippen LogP contribution in [0.25, 0.3) is 0 Å². The molecule has 1 heterocycles. The predicted octanol–water partition coefficient (Wildman–Crippen LogP) is 2.31. The van der Waals surface area contributed by atoms with Crippen molar-refractivity contribution in [3.05, 3.63) is 17.7 Å². The summed E-state index contributed by atoms with van der Waals surface area (Å²) >= 11 is 0. The zero-order valence-electron chi connectivity index (χ0n) is 11.0. The van der Waals surface area contributed by atoms with Crippen LogP contribution in [-0.4, -0.2) is 35.7 Å². The third kappa shape index (κ3) is 5.14. The van der Waals surface area contributed by atoms with Crippen molar-refractivity contribution in [2.45, 2.75) is 39.3 Å². The van der Waals surface area contributed by atoms with Crippen molar-refractivity contribution in [3.8, 4) is 0 Å². The number of rotatable bonds is 6. The van der Waals surface area contributed by atoms with Crippen molar-refractivity contribution >= 4 is 14.3 Å². The Kier molecular flexibility index (Phi) is 4.89. The van der Waals surface area contributed by atoms with Crippen molar-refractivity contribution < 1.29 is 9.94 Å². The van der Waals surface area contributed by atoms with Gasteiger partial charge in [-0.25, -0.2) is 4.98 Å². The normalized spacial score (nSPS) is 12.5. The minimum atomic E-state index is -1.04. The molecule has 0 aromatic carbocycles. The van der Waals surface area contributed by atoms with E-state index in [9.17, 15) is 0 Å². The molecule has 96 valence electrons. The van der Waals surface area contributed by atoms with E-state index in [2.05, 4.69) is 29.8 Å². The van der Waals surface area contributed by atoms with Gasteiger partial charge in [-0.3, -0.25) is 0 Å². The molecule has 0 spiro atoms. The van der Waals surface area contributed by atoms with Crippen LogP contribution in [0.15, 0.2) is 11.4 Å². The van der Waals surface area contributed by atoms with Gasteiger partial charge >= 0.3 is 0 Å². The first kappa shape index (κ1) is 13.9. The van der Waals surface area contributed by atoms with Crippen LogP contribution in [-0.2, 0) is 11.5 Å². The first-order valence-corrected chi connectivity index (χ1v) is 9.42. The zero-order chi connectivity index (χ0) is 12.9. The molecule has 0 amide bonds. The molecule has 1 aromatic rings. The van der Waals surface area contributed by atoms with Crippen molar-refractivity contribution in [2.24, 2.45) is 5.16 Å². The molecule has 0 aliphatic carbocycles. The van der Waals surface area contributed by atoms with Gasteiger partial charge in [0.2, 0.25) is 0 Å². The summed E-state index contributed by atoms with van der Waals surface area (Å²) in [4.78, 5) is 4.21. The number of aromatic nitrogens is 2. The monoisotopic (exact) mass is 255 g/mol. The van der Waals surface area contributed by atoms with E-state index in [0.717, 1.165) is 18.3 Å². The summed E-state index contributed by atoms with van der Waals surface area (Å²) < 4.78 is 7.44. The second kappa shape index (κ2) is 5.97. The molecule has 0 atom stereocenters. The summed E-state index contributed by atoms with van der Waals surface area (Å²) in [6, 6.07) is 1.14. The average molecular weight is 255 g/mol. The van der Waals surface area contributed by atoms with Gasteiger partial charge in [-0.15, -0.1) is 0 Å². The lowest BCUT2D eigenvalue weighted by atomic mass is 10.6. The molecule has 0 unspecified atom stereocenters. The molecule has 0 saturated heterocycles. The van der Waals surface area contributed by atoms with E-state index in [0.29, 0.717) is 12.6 Å². The van der Waals surface area contributed by atoms with Gasteiger partial charge < -0.3 is 14.5 Å². The van der Waals surface area contributed by atoms with Crippen LogP contribution >= 0.6 is 0 Å². The summed E-state index contributed by atoms with van der Waals surface area (Å²) in [6.45, 7) is 10.1. The molecule has 0 aliphatic heterocycles. The highest BCUT2D eigenvalue weighted by Gasteiger charge is 2.12. The molecular weight excluding hydrogens is 234 g/mol. The predicted molar refractivity (Wildman–Crippen MR) is 70.4 cm³/mol. The first-order chi connectivity index (χ1) is 7.92. The zero-order valence-corrected chi connectivity index (χ0v) is 12.0. The quantitative estimate of drug-likeness (QED) is 0.279. The highest BCUT2D eigenvalue weighted by atomic mass is 28.3. The number of imidazole rings is 1. The summed E-state index contributed by atoms with van der Waals surface area (Å²) in [5.74, 6) is 0.609. The molecule has 0 saturated carbocycles. The van der Waals surface area contributed by atoms with Gasteiger partial charge in [-0.2, -0.15) is 0 Å². The van der Waals surface area contributed by atoms with Gasteiger partial charge in [0.25, 0.3) is 0 Å². The van der Waals surface area contributed by atoms with Crippen molar-refractivity contribution in [1.29, 1.82) is 0 Å². The highest BCUT2D eigenvalue weighted by Crippen LogP contribution is 2.08. The van der Waals surface area contributed by atoms with Gasteiger partial charge in [0.1, 0.15) is 12.9 Å². The van der Waals surface area contributed by atoms with E-state index in [4.69, 9.17) is 9.94 Å². The van der Waals surface area contributed by atoms with Gasteiger partial charge in [-0.1, -0.05) is 24.8 Å². The van der Waals surface area contributed by atoms with Crippen LogP contribution < -0.4 is 0 Å². The number of ether oxygens (including phenoxy) is 1. The lowest BCUT2D eigenvalue weighted by molar-refractivity contribution is 0.0868. The Morgan fingerprint density at radius 2 is 2.24 bits per heavy atom. The standard InChI is InChI=1S/C11H21N3O2Si/c1-10-8-14(11(13-10)7-12-15)9-16-5-6-17(2,3)4/h7-8,15H,5-6,9H2,1-4H3/b12-7+. The van der Waals surface area contributed by atoms with Crippen LogP contribution in [0.2, 0.25) is 25.7 Å². The topological polar surface area (TPSA) is 59.6 Å². The molecule has 0 fully saturated rings. The minimum absolute atomic E-state index is 0.451. The van der Waals surface area contributed by atoms with E-state index in [1.165, 1.54) is 6.21 Å². The second-order valence-corrected chi connectivity index (χ2v) is 10.9. The van der Waals surface area contributed by atoms with E-state index in [-0.39, 0.29) is 0 Å². The molecule has 1 rings (SSSR count). The summed E-state index contributed by atoms with van der Waals surface area (Å²) in [5, 5.41) is 11.5. The number of hydrogen-bond donors (Lipinski definition) is 1. The first-order valence-electron chi connectivity index (χ1n) is 5.71. The number of nitrogens with zero attached hydrogens (tertiary/aromatic N) is 3. The number of aryl methyl sites for hydroxylation is 1. The third-order valence-corrected chi connectivity index (χ3v) is 4.03. The Balaban J connectivity index is 2.46. The van der Waals surface area contributed by atoms with Crippen LogP contribution in [0.3, 0.4) is 0 Å². The summed E-state index contributed by atoms with van der Waals surface area (Å²) in [7, 11) is -1.04. The SMILES string of the molecule is Cc1cn(COCC[Si](C)(C)C)c(/C=N/O)n1. The number of oxime groups is 1. The lowest BCUT2D eigenvalue weighted by Gasteiger charge is -2.15. The Morgan fingerprint density at radius 3 is 2.82 bits per heavy atom. The molecule has 0 aliphatic rings. The van der Waals surface area contributed by atoms with Crippen LogP contribution in [0.1, 0.15) is 11.5 Å². The number of hydrogen-bond acceptors (Lipinski definition) is 4. The molecule has 0 bridgehead atoms. The summed E-state index contributed by atoms with van der Waals surface area (Å²) in [5.41, 5.74) is 0.883. The fraction of sp³-hybridized carbons (Fsp3) is 0.636. The molecule has 1 aromatic heterocycles. The lowest BCUT2D eigenvalue weighted by Crippen LogP contribution is -2.22. The molecular formula is C11H21N3O2Si. The fourth-order valence-corrected chi connectivity index (χ4v) is 2.12. The van der Waals surface area contributed by atoms with Gasteiger partial charge in [0, 0.05) is 20.9 Å².